The first-order valence-corrected chi connectivity index (χ1v) is 7.03. The molecule has 0 spiro atoms. The van der Waals surface area contributed by atoms with Crippen molar-refractivity contribution in [1.29, 1.82) is 0 Å². The fourth-order valence-corrected chi connectivity index (χ4v) is 2.82. The van der Waals surface area contributed by atoms with Crippen LogP contribution in [0.1, 0.15) is 0 Å². The zero-order valence-electron chi connectivity index (χ0n) is 10.6. The molecular formula is C13H11ClN4OS. The van der Waals surface area contributed by atoms with E-state index in [4.69, 9.17) is 22.1 Å². The van der Waals surface area contributed by atoms with Gasteiger partial charge in [0.15, 0.2) is 5.82 Å². The first-order valence-electron chi connectivity index (χ1n) is 5.77. The normalized spacial score (nSPS) is 10.7. The summed E-state index contributed by atoms with van der Waals surface area (Å²) < 4.78 is 5.38. The minimum Gasteiger partial charge on any atom is -0.496 e. The van der Waals surface area contributed by atoms with Crippen molar-refractivity contribution < 1.29 is 4.74 Å². The van der Waals surface area contributed by atoms with Crippen molar-refractivity contribution in [3.8, 4) is 27.4 Å². The van der Waals surface area contributed by atoms with Gasteiger partial charge in [0, 0.05) is 16.8 Å². The van der Waals surface area contributed by atoms with E-state index in [0.29, 0.717) is 16.6 Å². The van der Waals surface area contributed by atoms with Gasteiger partial charge in [-0.15, -0.1) is 11.3 Å². The zero-order valence-corrected chi connectivity index (χ0v) is 12.1. The molecule has 0 bridgehead atoms. The van der Waals surface area contributed by atoms with Crippen LogP contribution >= 0.6 is 22.9 Å². The smallest absolute Gasteiger partial charge is 0.153 e. The second-order valence-corrected chi connectivity index (χ2v) is 5.39. The van der Waals surface area contributed by atoms with Crippen LogP contribution in [0.5, 0.6) is 5.75 Å². The van der Waals surface area contributed by atoms with Gasteiger partial charge < -0.3 is 10.5 Å². The minimum atomic E-state index is 0.397. The lowest BCUT2D eigenvalue weighted by Gasteiger charge is -2.09. The van der Waals surface area contributed by atoms with Crippen molar-refractivity contribution in [2.45, 2.75) is 0 Å². The molecule has 0 saturated heterocycles. The summed E-state index contributed by atoms with van der Waals surface area (Å²) in [5.74, 6) is 1.09. The predicted molar refractivity (Wildman–Crippen MR) is 81.1 cm³/mol. The number of ether oxygens (including phenoxy) is 1. The lowest BCUT2D eigenvalue weighted by atomic mass is 10.0. The Morgan fingerprint density at radius 1 is 1.40 bits per heavy atom. The number of halogens is 1. The standard InChI is InChI=1S/C13H11ClN4OS/c1-19-9-3-2-7(14)4-8(9)11-12(17-18-13(11)15)10-5-16-6-20-10/h2-6H,1H3,(H3,15,17,18). The highest BCUT2D eigenvalue weighted by Crippen LogP contribution is 2.41. The third-order valence-electron chi connectivity index (χ3n) is 2.90. The van der Waals surface area contributed by atoms with Gasteiger partial charge >= 0.3 is 0 Å². The van der Waals surface area contributed by atoms with E-state index >= 15 is 0 Å². The highest BCUT2D eigenvalue weighted by molar-refractivity contribution is 7.13. The molecule has 0 aliphatic rings. The van der Waals surface area contributed by atoms with Crippen LogP contribution in [-0.2, 0) is 0 Å². The highest BCUT2D eigenvalue weighted by Gasteiger charge is 2.19. The minimum absolute atomic E-state index is 0.397. The molecule has 0 unspecified atom stereocenters. The molecule has 0 saturated carbocycles. The van der Waals surface area contributed by atoms with Crippen molar-refractivity contribution >= 4 is 28.8 Å². The number of nitrogens with one attached hydrogen (secondary N) is 1. The third kappa shape index (κ3) is 2.13. The van der Waals surface area contributed by atoms with Crippen molar-refractivity contribution in [2.24, 2.45) is 0 Å². The van der Waals surface area contributed by atoms with Crippen molar-refractivity contribution in [3.63, 3.8) is 0 Å². The zero-order chi connectivity index (χ0) is 14.1. The van der Waals surface area contributed by atoms with Crippen LogP contribution in [0.2, 0.25) is 5.02 Å². The van der Waals surface area contributed by atoms with Crippen LogP contribution in [-0.4, -0.2) is 22.3 Å². The number of methoxy groups -OCH3 is 1. The van der Waals surface area contributed by atoms with Crippen LogP contribution < -0.4 is 10.5 Å². The van der Waals surface area contributed by atoms with E-state index in [9.17, 15) is 0 Å². The van der Waals surface area contributed by atoms with Crippen LogP contribution in [0.15, 0.2) is 29.9 Å². The number of anilines is 1. The molecule has 7 heteroatoms. The molecule has 2 aromatic heterocycles. The van der Waals surface area contributed by atoms with E-state index in [1.165, 1.54) is 11.3 Å². The molecule has 3 rings (SSSR count). The van der Waals surface area contributed by atoms with Crippen molar-refractivity contribution in [3.05, 3.63) is 34.9 Å². The molecule has 3 aromatic rings. The van der Waals surface area contributed by atoms with E-state index in [0.717, 1.165) is 21.7 Å². The second kappa shape index (κ2) is 5.15. The molecule has 0 fully saturated rings. The summed E-state index contributed by atoms with van der Waals surface area (Å²) in [6, 6.07) is 5.39. The summed E-state index contributed by atoms with van der Waals surface area (Å²) in [5.41, 5.74) is 10.1. The number of nitrogens with zero attached hydrogens (tertiary/aromatic N) is 2. The number of hydrogen-bond acceptors (Lipinski definition) is 5. The van der Waals surface area contributed by atoms with Gasteiger partial charge in [0.2, 0.25) is 0 Å². The number of H-pyrrole nitrogens is 1. The monoisotopic (exact) mass is 306 g/mol. The Bertz CT molecular complexity index is 739. The summed E-state index contributed by atoms with van der Waals surface area (Å²) in [6.45, 7) is 0. The van der Waals surface area contributed by atoms with Crippen LogP contribution in [0.25, 0.3) is 21.7 Å². The van der Waals surface area contributed by atoms with Crippen LogP contribution in [0.4, 0.5) is 5.82 Å². The van der Waals surface area contributed by atoms with E-state index < -0.39 is 0 Å². The van der Waals surface area contributed by atoms with E-state index in [1.54, 1.807) is 30.9 Å². The number of rotatable bonds is 3. The van der Waals surface area contributed by atoms with Crippen molar-refractivity contribution in [1.82, 2.24) is 15.2 Å². The van der Waals surface area contributed by atoms with Gasteiger partial charge in [-0.25, -0.2) is 0 Å². The summed E-state index contributed by atoms with van der Waals surface area (Å²) in [6.07, 6.45) is 1.76. The molecule has 2 heterocycles. The molecule has 20 heavy (non-hydrogen) atoms. The lowest BCUT2D eigenvalue weighted by molar-refractivity contribution is 0.416. The van der Waals surface area contributed by atoms with Gasteiger partial charge in [-0.2, -0.15) is 5.10 Å². The predicted octanol–water partition coefficient (Wildman–Crippen LogP) is 3.44. The number of nitrogen functional groups attached to an aromatic ring is 1. The van der Waals surface area contributed by atoms with Gasteiger partial charge in [0.25, 0.3) is 0 Å². The van der Waals surface area contributed by atoms with Crippen LogP contribution in [0.3, 0.4) is 0 Å². The molecule has 0 atom stereocenters. The fraction of sp³-hybridized carbons (Fsp3) is 0.0769. The number of aromatic amines is 1. The van der Waals surface area contributed by atoms with Gasteiger partial charge in [-0.05, 0) is 18.2 Å². The number of nitrogens with two attached hydrogens (primary N) is 1. The Morgan fingerprint density at radius 3 is 2.95 bits per heavy atom. The van der Waals surface area contributed by atoms with Crippen molar-refractivity contribution in [2.75, 3.05) is 12.8 Å². The van der Waals surface area contributed by atoms with Gasteiger partial charge in [-0.3, -0.25) is 10.1 Å². The topological polar surface area (TPSA) is 76.8 Å². The van der Waals surface area contributed by atoms with Gasteiger partial charge in [-0.1, -0.05) is 11.6 Å². The fourth-order valence-electron chi connectivity index (χ4n) is 2.02. The quantitative estimate of drug-likeness (QED) is 0.777. The van der Waals surface area contributed by atoms with E-state index in [1.807, 2.05) is 6.07 Å². The Morgan fingerprint density at radius 2 is 2.25 bits per heavy atom. The summed E-state index contributed by atoms with van der Waals surface area (Å²) >= 11 is 7.59. The Balaban J connectivity index is 2.25. The molecule has 0 radical (unpaired) electrons. The van der Waals surface area contributed by atoms with Gasteiger partial charge in [0.1, 0.15) is 5.75 Å². The first-order chi connectivity index (χ1) is 9.70. The number of aromatic nitrogens is 3. The highest BCUT2D eigenvalue weighted by atomic mass is 35.5. The number of thiazole rings is 1. The van der Waals surface area contributed by atoms with Gasteiger partial charge in [0.05, 0.1) is 28.8 Å². The summed E-state index contributed by atoms with van der Waals surface area (Å²) in [4.78, 5) is 5.03. The van der Waals surface area contributed by atoms with E-state index in [2.05, 4.69) is 15.2 Å². The average Bonchev–Trinajstić information content (AvgIpc) is 3.07. The number of benzene rings is 1. The summed E-state index contributed by atoms with van der Waals surface area (Å²) in [7, 11) is 1.61. The molecule has 0 aliphatic heterocycles. The van der Waals surface area contributed by atoms with E-state index in [-0.39, 0.29) is 0 Å². The Kier molecular flexibility index (Phi) is 3.33. The Hall–Kier alpha value is -2.05. The third-order valence-corrected chi connectivity index (χ3v) is 3.93. The molecular weight excluding hydrogens is 296 g/mol. The maximum atomic E-state index is 6.08. The maximum Gasteiger partial charge on any atom is 0.153 e. The molecule has 1 aromatic carbocycles. The second-order valence-electron chi connectivity index (χ2n) is 4.07. The average molecular weight is 307 g/mol. The molecule has 102 valence electrons. The number of hydrogen-bond donors (Lipinski definition) is 2. The summed E-state index contributed by atoms with van der Waals surface area (Å²) in [5, 5.41) is 7.64. The molecule has 5 nitrogen and oxygen atoms in total. The first kappa shape index (κ1) is 13.0. The Labute approximate surface area is 124 Å². The molecule has 0 amide bonds. The SMILES string of the molecule is COc1ccc(Cl)cc1-c1c(N)n[nH]c1-c1cncs1. The van der Waals surface area contributed by atoms with Crippen LogP contribution in [0, 0.1) is 0 Å². The lowest BCUT2D eigenvalue weighted by Crippen LogP contribution is -1.92. The largest absolute Gasteiger partial charge is 0.496 e. The molecule has 3 N–H and O–H groups in total. The molecule has 0 aliphatic carbocycles. The maximum absolute atomic E-state index is 6.08.